The van der Waals surface area contributed by atoms with Crippen LogP contribution >= 0.6 is 0 Å². The van der Waals surface area contributed by atoms with Crippen molar-refractivity contribution in [2.24, 2.45) is 0 Å². The van der Waals surface area contributed by atoms with E-state index >= 15 is 0 Å². The summed E-state index contributed by atoms with van der Waals surface area (Å²) in [5.74, 6) is 0.0501. The average Bonchev–Trinajstić information content (AvgIpc) is 2.91. The molecule has 2 aromatic rings. The number of rotatable bonds is 3. The van der Waals surface area contributed by atoms with Crippen LogP contribution in [0.3, 0.4) is 0 Å². The zero-order valence-electron chi connectivity index (χ0n) is 12.8. The van der Waals surface area contributed by atoms with Crippen LogP contribution in [0.2, 0.25) is 0 Å². The van der Waals surface area contributed by atoms with Gasteiger partial charge in [-0.1, -0.05) is 0 Å². The van der Waals surface area contributed by atoms with E-state index in [1.807, 2.05) is 12.3 Å². The number of carbonyl (C=O) groups is 1. The normalized spacial score (nSPS) is 23.4. The van der Waals surface area contributed by atoms with Gasteiger partial charge in [-0.25, -0.2) is 4.98 Å². The van der Waals surface area contributed by atoms with Gasteiger partial charge in [0, 0.05) is 36.4 Å². The van der Waals surface area contributed by atoms with Gasteiger partial charge in [-0.05, 0) is 39.8 Å². The molecule has 112 valence electrons. The molecule has 1 saturated heterocycles. The largest absolute Gasteiger partial charge is 0.381 e. The molecule has 0 saturated carbocycles. The van der Waals surface area contributed by atoms with E-state index in [-0.39, 0.29) is 5.78 Å². The molecule has 0 spiro atoms. The van der Waals surface area contributed by atoms with Crippen LogP contribution in [0.5, 0.6) is 0 Å². The van der Waals surface area contributed by atoms with Crippen molar-refractivity contribution in [2.75, 3.05) is 18.9 Å². The van der Waals surface area contributed by atoms with E-state index in [0.717, 1.165) is 36.1 Å². The van der Waals surface area contributed by atoms with Gasteiger partial charge in [0.1, 0.15) is 5.65 Å². The zero-order chi connectivity index (χ0) is 15.0. The molecule has 0 radical (unpaired) electrons. The molecule has 3 heterocycles. The molecular formula is C16H22N4O. The quantitative estimate of drug-likeness (QED) is 0.852. The number of H-pyrrole nitrogens is 1. The fourth-order valence-corrected chi connectivity index (χ4v) is 3.05. The third-order valence-electron chi connectivity index (χ3n) is 4.52. The van der Waals surface area contributed by atoms with Gasteiger partial charge in [0.25, 0.3) is 0 Å². The van der Waals surface area contributed by atoms with E-state index in [9.17, 15) is 4.79 Å². The van der Waals surface area contributed by atoms with Crippen molar-refractivity contribution in [1.82, 2.24) is 14.9 Å². The fourth-order valence-electron chi connectivity index (χ4n) is 3.05. The second-order valence-electron chi connectivity index (χ2n) is 6.04. The number of ketones is 1. The standard InChI is InChI=1S/C16H22N4O/c1-10-8-12(5-7-20(10)3)19-15-13-4-6-17-16(13)18-9-14(15)11(2)21/h4,6,9-10,12H,5,7-8H2,1-3H3,(H2,17,18,19)/t10?,12-/m1/s1. The fraction of sp³-hybridized carbons (Fsp3) is 0.500. The first-order valence-corrected chi connectivity index (χ1v) is 7.50. The van der Waals surface area contributed by atoms with E-state index < -0.39 is 0 Å². The van der Waals surface area contributed by atoms with Crippen LogP contribution in [0.4, 0.5) is 5.69 Å². The summed E-state index contributed by atoms with van der Waals surface area (Å²) in [5.41, 5.74) is 2.42. The molecule has 0 bridgehead atoms. The number of piperidine rings is 1. The second kappa shape index (κ2) is 5.48. The molecule has 0 amide bonds. The zero-order valence-corrected chi connectivity index (χ0v) is 12.8. The van der Waals surface area contributed by atoms with E-state index in [1.54, 1.807) is 13.1 Å². The van der Waals surface area contributed by atoms with E-state index in [4.69, 9.17) is 0 Å². The number of nitrogens with zero attached hydrogens (tertiary/aromatic N) is 2. The lowest BCUT2D eigenvalue weighted by Gasteiger charge is -2.36. The Kier molecular flexibility index (Phi) is 3.68. The van der Waals surface area contributed by atoms with Crippen LogP contribution in [-0.2, 0) is 0 Å². The molecule has 21 heavy (non-hydrogen) atoms. The summed E-state index contributed by atoms with van der Waals surface area (Å²) < 4.78 is 0. The summed E-state index contributed by atoms with van der Waals surface area (Å²) in [7, 11) is 2.17. The molecule has 3 rings (SSSR count). The molecule has 5 nitrogen and oxygen atoms in total. The van der Waals surface area contributed by atoms with Crippen molar-refractivity contribution >= 4 is 22.5 Å². The topological polar surface area (TPSA) is 61.0 Å². The van der Waals surface area contributed by atoms with Crippen molar-refractivity contribution in [3.05, 3.63) is 24.0 Å². The first-order valence-electron chi connectivity index (χ1n) is 7.50. The summed E-state index contributed by atoms with van der Waals surface area (Å²) >= 11 is 0. The van der Waals surface area contributed by atoms with Crippen LogP contribution in [0, 0.1) is 0 Å². The highest BCUT2D eigenvalue weighted by molar-refractivity contribution is 6.06. The summed E-state index contributed by atoms with van der Waals surface area (Å²) in [5, 5.41) is 4.60. The molecule has 1 fully saturated rings. The molecule has 1 unspecified atom stereocenters. The molecule has 2 atom stereocenters. The Balaban J connectivity index is 1.93. The van der Waals surface area contributed by atoms with Gasteiger partial charge in [0.15, 0.2) is 5.78 Å². The lowest BCUT2D eigenvalue weighted by atomic mass is 9.97. The van der Waals surface area contributed by atoms with Gasteiger partial charge in [-0.3, -0.25) is 4.79 Å². The Labute approximate surface area is 124 Å². The van der Waals surface area contributed by atoms with Gasteiger partial charge < -0.3 is 15.2 Å². The molecule has 5 heteroatoms. The highest BCUT2D eigenvalue weighted by Gasteiger charge is 2.24. The van der Waals surface area contributed by atoms with Crippen LogP contribution in [-0.4, -0.2) is 46.3 Å². The van der Waals surface area contributed by atoms with E-state index in [0.29, 0.717) is 17.6 Å². The molecule has 2 aromatic heterocycles. The van der Waals surface area contributed by atoms with Crippen LogP contribution in [0.15, 0.2) is 18.5 Å². The maximum absolute atomic E-state index is 11.9. The third kappa shape index (κ3) is 2.65. The van der Waals surface area contributed by atoms with Crippen molar-refractivity contribution in [2.45, 2.75) is 38.8 Å². The number of pyridine rings is 1. The molecule has 2 N–H and O–H groups in total. The number of nitrogens with one attached hydrogen (secondary N) is 2. The SMILES string of the molecule is CC(=O)c1cnc2[nH]ccc2c1N[C@@H]1CCN(C)C(C)C1. The highest BCUT2D eigenvalue weighted by Crippen LogP contribution is 2.29. The Morgan fingerprint density at radius 2 is 2.33 bits per heavy atom. The highest BCUT2D eigenvalue weighted by atomic mass is 16.1. The molecular weight excluding hydrogens is 264 g/mol. The maximum atomic E-state index is 11.9. The minimum absolute atomic E-state index is 0.0501. The van der Waals surface area contributed by atoms with Crippen molar-refractivity contribution < 1.29 is 4.79 Å². The number of aromatic nitrogens is 2. The number of carbonyl (C=O) groups excluding carboxylic acids is 1. The molecule has 1 aliphatic rings. The van der Waals surface area contributed by atoms with Gasteiger partial charge >= 0.3 is 0 Å². The maximum Gasteiger partial charge on any atom is 0.163 e. The number of fused-ring (bicyclic) bond motifs is 1. The average molecular weight is 286 g/mol. The van der Waals surface area contributed by atoms with E-state index in [2.05, 4.69) is 34.2 Å². The number of likely N-dealkylation sites (tertiary alicyclic amines) is 1. The van der Waals surface area contributed by atoms with E-state index in [1.165, 1.54) is 0 Å². The lowest BCUT2D eigenvalue weighted by molar-refractivity contribution is 0.101. The number of Topliss-reactive ketones (excluding diaryl/α,β-unsaturated/α-hetero) is 1. The van der Waals surface area contributed by atoms with Crippen LogP contribution < -0.4 is 5.32 Å². The summed E-state index contributed by atoms with van der Waals surface area (Å²) in [6, 6.07) is 2.94. The molecule has 0 aliphatic carbocycles. The number of hydrogen-bond acceptors (Lipinski definition) is 4. The minimum Gasteiger partial charge on any atom is -0.381 e. The number of aromatic amines is 1. The van der Waals surface area contributed by atoms with Crippen LogP contribution in [0.1, 0.15) is 37.0 Å². The third-order valence-corrected chi connectivity index (χ3v) is 4.52. The number of anilines is 1. The van der Waals surface area contributed by atoms with Gasteiger partial charge in [0.2, 0.25) is 0 Å². The van der Waals surface area contributed by atoms with Gasteiger partial charge in [-0.2, -0.15) is 0 Å². The van der Waals surface area contributed by atoms with Crippen LogP contribution in [0.25, 0.3) is 11.0 Å². The summed E-state index contributed by atoms with van der Waals surface area (Å²) in [4.78, 5) is 21.7. The first-order chi connectivity index (χ1) is 10.1. The van der Waals surface area contributed by atoms with Crippen molar-refractivity contribution in [1.29, 1.82) is 0 Å². The Morgan fingerprint density at radius 3 is 3.05 bits per heavy atom. The monoisotopic (exact) mass is 286 g/mol. The Morgan fingerprint density at radius 1 is 1.52 bits per heavy atom. The first kappa shape index (κ1) is 14.1. The summed E-state index contributed by atoms with van der Waals surface area (Å²) in [6.07, 6.45) is 5.71. The smallest absolute Gasteiger partial charge is 0.163 e. The predicted molar refractivity (Wildman–Crippen MR) is 84.8 cm³/mol. The molecule has 0 aromatic carbocycles. The van der Waals surface area contributed by atoms with Gasteiger partial charge in [0.05, 0.1) is 11.3 Å². The summed E-state index contributed by atoms with van der Waals surface area (Å²) in [6.45, 7) is 4.92. The molecule has 1 aliphatic heterocycles. The number of hydrogen-bond donors (Lipinski definition) is 2. The second-order valence-corrected chi connectivity index (χ2v) is 6.04. The Bertz CT molecular complexity index is 663. The minimum atomic E-state index is 0.0501. The predicted octanol–water partition coefficient (Wildman–Crippen LogP) is 2.66. The Hall–Kier alpha value is -1.88. The van der Waals surface area contributed by atoms with Crippen molar-refractivity contribution in [3.63, 3.8) is 0 Å². The van der Waals surface area contributed by atoms with Gasteiger partial charge in [-0.15, -0.1) is 0 Å². The lowest BCUT2D eigenvalue weighted by Crippen LogP contribution is -2.42. The van der Waals surface area contributed by atoms with Crippen molar-refractivity contribution in [3.8, 4) is 0 Å².